The fraction of sp³-hybridized carbons (Fsp3) is 0.429. The zero-order valence-electron chi connectivity index (χ0n) is 10.9. The zero-order chi connectivity index (χ0) is 14.6. The van der Waals surface area contributed by atoms with Crippen LogP contribution >= 0.6 is 11.8 Å². The van der Waals surface area contributed by atoms with Gasteiger partial charge in [0.2, 0.25) is 0 Å². The van der Waals surface area contributed by atoms with Crippen molar-refractivity contribution in [2.75, 3.05) is 6.54 Å². The molecule has 0 aromatic heterocycles. The lowest BCUT2D eigenvalue weighted by Gasteiger charge is -2.22. The van der Waals surface area contributed by atoms with Gasteiger partial charge in [-0.2, -0.15) is 13.2 Å². The summed E-state index contributed by atoms with van der Waals surface area (Å²) >= 11 is -0.1000. The average Bonchev–Trinajstić information content (AvgIpc) is 2.88. The van der Waals surface area contributed by atoms with E-state index in [1.807, 2.05) is 0 Å². The van der Waals surface area contributed by atoms with Crippen LogP contribution in [0.2, 0.25) is 0 Å². The molecule has 1 aliphatic carbocycles. The van der Waals surface area contributed by atoms with Crippen LogP contribution in [0.15, 0.2) is 41.3 Å². The highest BCUT2D eigenvalue weighted by molar-refractivity contribution is 8.00. The molecule has 0 bridgehead atoms. The first-order chi connectivity index (χ1) is 9.48. The number of hydrogen-bond acceptors (Lipinski definition) is 3. The first kappa shape index (κ1) is 15.4. The lowest BCUT2D eigenvalue weighted by Crippen LogP contribution is -2.35. The lowest BCUT2D eigenvalue weighted by molar-refractivity contribution is -0.0328. The molecule has 0 spiro atoms. The van der Waals surface area contributed by atoms with Crippen molar-refractivity contribution in [2.24, 2.45) is 5.73 Å². The van der Waals surface area contributed by atoms with E-state index in [0.717, 1.165) is 18.4 Å². The van der Waals surface area contributed by atoms with Crippen molar-refractivity contribution in [1.29, 1.82) is 0 Å². The van der Waals surface area contributed by atoms with Gasteiger partial charge in [0.05, 0.1) is 0 Å². The van der Waals surface area contributed by atoms with Gasteiger partial charge in [-0.05, 0) is 42.3 Å². The minimum Gasteiger partial charge on any atom is -0.329 e. The van der Waals surface area contributed by atoms with E-state index in [9.17, 15) is 13.2 Å². The quantitative estimate of drug-likeness (QED) is 0.644. The molecule has 1 atom stereocenters. The Morgan fingerprint density at radius 2 is 1.80 bits per heavy atom. The third-order valence-electron chi connectivity index (χ3n) is 3.20. The van der Waals surface area contributed by atoms with Crippen molar-refractivity contribution in [3.05, 3.63) is 42.0 Å². The predicted octanol–water partition coefficient (Wildman–Crippen LogP) is 3.61. The number of rotatable bonds is 5. The van der Waals surface area contributed by atoms with E-state index >= 15 is 0 Å². The standard InChI is InChI=1S/C14H17F3N2S/c15-14(16,17)20-12-7-5-10(6-8-12)13(9-18)19-11-3-1-2-4-11/h1-2,5-8,11,13,19H,3-4,9,18H2. The second-order valence-corrected chi connectivity index (χ2v) is 5.85. The summed E-state index contributed by atoms with van der Waals surface area (Å²) in [6, 6.07) is 6.75. The molecule has 1 aliphatic rings. The molecule has 0 amide bonds. The van der Waals surface area contributed by atoms with Gasteiger partial charge in [-0.25, -0.2) is 0 Å². The van der Waals surface area contributed by atoms with E-state index < -0.39 is 5.51 Å². The number of nitrogens with two attached hydrogens (primary N) is 1. The van der Waals surface area contributed by atoms with Crippen molar-refractivity contribution >= 4 is 11.8 Å². The van der Waals surface area contributed by atoms with Crippen molar-refractivity contribution in [3.63, 3.8) is 0 Å². The lowest BCUT2D eigenvalue weighted by atomic mass is 10.1. The molecule has 6 heteroatoms. The third-order valence-corrected chi connectivity index (χ3v) is 3.94. The Bertz CT molecular complexity index is 448. The van der Waals surface area contributed by atoms with E-state index in [1.54, 1.807) is 12.1 Å². The maximum atomic E-state index is 12.3. The van der Waals surface area contributed by atoms with Crippen molar-refractivity contribution in [3.8, 4) is 0 Å². The molecule has 0 saturated heterocycles. The van der Waals surface area contributed by atoms with Crippen LogP contribution in [0.1, 0.15) is 24.4 Å². The summed E-state index contributed by atoms with van der Waals surface area (Å²) in [4.78, 5) is 0.194. The smallest absolute Gasteiger partial charge is 0.329 e. The minimum absolute atomic E-state index is 0.0233. The van der Waals surface area contributed by atoms with Crippen LogP contribution in [0.25, 0.3) is 0 Å². The topological polar surface area (TPSA) is 38.0 Å². The van der Waals surface area contributed by atoms with Crippen LogP contribution in [-0.2, 0) is 0 Å². The van der Waals surface area contributed by atoms with E-state index in [4.69, 9.17) is 5.73 Å². The first-order valence-electron chi connectivity index (χ1n) is 6.45. The maximum Gasteiger partial charge on any atom is 0.446 e. The minimum atomic E-state index is -4.25. The molecule has 3 N–H and O–H groups in total. The number of hydrogen-bond donors (Lipinski definition) is 2. The second-order valence-electron chi connectivity index (χ2n) is 4.71. The maximum absolute atomic E-state index is 12.3. The number of benzene rings is 1. The highest BCUT2D eigenvalue weighted by Crippen LogP contribution is 2.37. The molecule has 20 heavy (non-hydrogen) atoms. The van der Waals surface area contributed by atoms with E-state index in [1.165, 1.54) is 12.1 Å². The highest BCUT2D eigenvalue weighted by Gasteiger charge is 2.29. The fourth-order valence-corrected chi connectivity index (χ4v) is 2.78. The van der Waals surface area contributed by atoms with E-state index in [2.05, 4.69) is 17.5 Å². The molecule has 0 saturated carbocycles. The summed E-state index contributed by atoms with van der Waals surface area (Å²) in [6.07, 6.45) is 6.18. The van der Waals surface area contributed by atoms with Crippen molar-refractivity contribution < 1.29 is 13.2 Å². The Hall–Kier alpha value is -0.980. The Morgan fingerprint density at radius 3 is 2.30 bits per heavy atom. The number of thioether (sulfide) groups is 1. The molecule has 110 valence electrons. The van der Waals surface area contributed by atoms with Crippen molar-refractivity contribution in [2.45, 2.75) is 35.3 Å². The molecule has 0 aliphatic heterocycles. The van der Waals surface area contributed by atoms with Gasteiger partial charge < -0.3 is 11.1 Å². The zero-order valence-corrected chi connectivity index (χ0v) is 11.7. The normalized spacial score (nSPS) is 17.6. The van der Waals surface area contributed by atoms with E-state index in [-0.39, 0.29) is 22.7 Å². The SMILES string of the molecule is NCC(NC1CC=CC1)c1ccc(SC(F)(F)F)cc1. The number of halogens is 3. The van der Waals surface area contributed by atoms with Gasteiger partial charge >= 0.3 is 5.51 Å². The van der Waals surface area contributed by atoms with Crippen LogP contribution in [0, 0.1) is 0 Å². The number of nitrogens with one attached hydrogen (secondary N) is 1. The molecule has 2 nitrogen and oxygen atoms in total. The van der Waals surface area contributed by atoms with Gasteiger partial charge in [0.15, 0.2) is 0 Å². The van der Waals surface area contributed by atoms with Gasteiger partial charge in [0.25, 0.3) is 0 Å². The highest BCUT2D eigenvalue weighted by atomic mass is 32.2. The van der Waals surface area contributed by atoms with Crippen LogP contribution in [0.4, 0.5) is 13.2 Å². The molecular formula is C14H17F3N2S. The Labute approximate surface area is 120 Å². The molecule has 1 aromatic carbocycles. The van der Waals surface area contributed by atoms with Gasteiger partial charge in [0.1, 0.15) is 0 Å². The van der Waals surface area contributed by atoms with Gasteiger partial charge in [-0.15, -0.1) is 0 Å². The van der Waals surface area contributed by atoms with Gasteiger partial charge in [-0.3, -0.25) is 0 Å². The largest absolute Gasteiger partial charge is 0.446 e. The molecule has 0 heterocycles. The summed E-state index contributed by atoms with van der Waals surface area (Å²) in [5, 5.41) is 3.43. The summed E-state index contributed by atoms with van der Waals surface area (Å²) in [5.74, 6) is 0. The monoisotopic (exact) mass is 302 g/mol. The van der Waals surface area contributed by atoms with Crippen LogP contribution < -0.4 is 11.1 Å². The Balaban J connectivity index is 1.99. The van der Waals surface area contributed by atoms with Gasteiger partial charge in [-0.1, -0.05) is 24.3 Å². The summed E-state index contributed by atoms with van der Waals surface area (Å²) in [7, 11) is 0. The van der Waals surface area contributed by atoms with Crippen LogP contribution in [0.3, 0.4) is 0 Å². The molecule has 2 rings (SSSR count). The first-order valence-corrected chi connectivity index (χ1v) is 7.26. The molecule has 0 radical (unpaired) electrons. The molecule has 1 unspecified atom stereocenters. The van der Waals surface area contributed by atoms with E-state index in [0.29, 0.717) is 12.6 Å². The summed E-state index contributed by atoms with van der Waals surface area (Å²) in [5.41, 5.74) is 2.43. The second kappa shape index (κ2) is 6.65. The summed E-state index contributed by atoms with van der Waals surface area (Å²) < 4.78 is 36.8. The average molecular weight is 302 g/mol. The van der Waals surface area contributed by atoms with Crippen LogP contribution in [-0.4, -0.2) is 18.1 Å². The Kier molecular flexibility index (Phi) is 5.12. The molecule has 1 aromatic rings. The predicted molar refractivity (Wildman–Crippen MR) is 75.4 cm³/mol. The summed E-state index contributed by atoms with van der Waals surface area (Å²) in [6.45, 7) is 0.419. The molecular weight excluding hydrogens is 285 g/mol. The van der Waals surface area contributed by atoms with Gasteiger partial charge in [0, 0.05) is 23.5 Å². The number of alkyl halides is 3. The molecule has 0 fully saturated rings. The fourth-order valence-electron chi connectivity index (χ4n) is 2.24. The third kappa shape index (κ3) is 4.54. The van der Waals surface area contributed by atoms with Crippen LogP contribution in [0.5, 0.6) is 0 Å². The Morgan fingerprint density at radius 1 is 1.20 bits per heavy atom. The van der Waals surface area contributed by atoms with Crippen molar-refractivity contribution in [1.82, 2.24) is 5.32 Å².